The molecule has 19 heavy (non-hydrogen) atoms. The molecule has 0 aromatic carbocycles. The second-order valence-corrected chi connectivity index (χ2v) is 5.48. The van der Waals surface area contributed by atoms with Crippen LogP contribution in [0.2, 0.25) is 0 Å². The third kappa shape index (κ3) is 3.32. The summed E-state index contributed by atoms with van der Waals surface area (Å²) in [7, 11) is 0. The molecule has 1 heterocycles. The van der Waals surface area contributed by atoms with E-state index in [0.717, 1.165) is 12.8 Å². The number of nitrogens with zero attached hydrogens (tertiary/aromatic N) is 2. The molecule has 1 aromatic heterocycles. The zero-order valence-electron chi connectivity index (χ0n) is 10.6. The van der Waals surface area contributed by atoms with Gasteiger partial charge < -0.3 is 10.2 Å². The molecule has 0 saturated heterocycles. The monoisotopic (exact) mass is 277 g/mol. The molecule has 1 aromatic rings. The van der Waals surface area contributed by atoms with Crippen molar-refractivity contribution < 1.29 is 9.59 Å². The Kier molecular flexibility index (Phi) is 4.17. The maximum atomic E-state index is 12.2. The standard InChI is InChI=1S/C13H15N3O2S/c1-9(15-12(17)11-3-2-8-19-11)13(18)16(7-6-14)10-4-5-10/h2-3,8-10H,4-5,7H2,1H3,(H,15,17)/t9-/m1/s1. The third-order valence-corrected chi connectivity index (χ3v) is 3.84. The van der Waals surface area contributed by atoms with Gasteiger partial charge in [-0.1, -0.05) is 6.07 Å². The molecule has 1 aliphatic rings. The molecule has 100 valence electrons. The molecule has 1 N–H and O–H groups in total. The number of amides is 2. The number of rotatable bonds is 5. The predicted molar refractivity (Wildman–Crippen MR) is 71.6 cm³/mol. The second-order valence-electron chi connectivity index (χ2n) is 4.53. The van der Waals surface area contributed by atoms with Gasteiger partial charge in [0.2, 0.25) is 5.91 Å². The van der Waals surface area contributed by atoms with Crippen molar-refractivity contribution in [3.63, 3.8) is 0 Å². The summed E-state index contributed by atoms with van der Waals surface area (Å²) in [5.74, 6) is -0.433. The van der Waals surface area contributed by atoms with Crippen LogP contribution in [0.15, 0.2) is 17.5 Å². The average molecular weight is 277 g/mol. The van der Waals surface area contributed by atoms with Crippen LogP contribution in [0.5, 0.6) is 0 Å². The molecular formula is C13H15N3O2S. The first-order valence-electron chi connectivity index (χ1n) is 6.15. The molecule has 1 saturated carbocycles. The van der Waals surface area contributed by atoms with Gasteiger partial charge in [0.25, 0.3) is 5.91 Å². The van der Waals surface area contributed by atoms with E-state index in [-0.39, 0.29) is 24.4 Å². The number of carbonyl (C=O) groups is 2. The summed E-state index contributed by atoms with van der Waals surface area (Å²) in [6, 6.07) is 5.07. The van der Waals surface area contributed by atoms with Gasteiger partial charge in [0.05, 0.1) is 10.9 Å². The fourth-order valence-corrected chi connectivity index (χ4v) is 2.46. The second kappa shape index (κ2) is 5.85. The number of hydrogen-bond acceptors (Lipinski definition) is 4. The van der Waals surface area contributed by atoms with Crippen molar-refractivity contribution in [1.82, 2.24) is 10.2 Å². The lowest BCUT2D eigenvalue weighted by Crippen LogP contribution is -2.47. The number of nitriles is 1. The topological polar surface area (TPSA) is 73.2 Å². The van der Waals surface area contributed by atoms with Gasteiger partial charge in [0.1, 0.15) is 12.6 Å². The lowest BCUT2D eigenvalue weighted by molar-refractivity contribution is -0.132. The van der Waals surface area contributed by atoms with Gasteiger partial charge in [-0.25, -0.2) is 0 Å². The quantitative estimate of drug-likeness (QED) is 0.826. The third-order valence-electron chi connectivity index (χ3n) is 2.97. The molecule has 2 rings (SSSR count). The molecule has 1 atom stereocenters. The minimum absolute atomic E-state index is 0.0860. The van der Waals surface area contributed by atoms with Crippen LogP contribution < -0.4 is 5.32 Å². The van der Waals surface area contributed by atoms with Crippen LogP contribution >= 0.6 is 11.3 Å². The highest BCUT2D eigenvalue weighted by molar-refractivity contribution is 7.12. The van der Waals surface area contributed by atoms with Crippen molar-refractivity contribution in [3.05, 3.63) is 22.4 Å². The van der Waals surface area contributed by atoms with Crippen LogP contribution in [0.25, 0.3) is 0 Å². The van der Waals surface area contributed by atoms with E-state index in [1.165, 1.54) is 11.3 Å². The van der Waals surface area contributed by atoms with E-state index in [2.05, 4.69) is 5.32 Å². The largest absolute Gasteiger partial charge is 0.340 e. The lowest BCUT2D eigenvalue weighted by atomic mass is 10.2. The van der Waals surface area contributed by atoms with E-state index in [0.29, 0.717) is 4.88 Å². The zero-order valence-corrected chi connectivity index (χ0v) is 11.4. The summed E-state index contributed by atoms with van der Waals surface area (Å²) in [6.07, 6.45) is 1.89. The summed E-state index contributed by atoms with van der Waals surface area (Å²) in [5.41, 5.74) is 0. The zero-order chi connectivity index (χ0) is 13.8. The van der Waals surface area contributed by atoms with Crippen LogP contribution in [0.1, 0.15) is 29.4 Å². The molecule has 2 amide bonds. The molecule has 1 aliphatic carbocycles. The van der Waals surface area contributed by atoms with Crippen LogP contribution in [0.3, 0.4) is 0 Å². The molecular weight excluding hydrogens is 262 g/mol. The van der Waals surface area contributed by atoms with Gasteiger partial charge in [0.15, 0.2) is 0 Å². The number of thiophene rings is 1. The number of nitrogens with one attached hydrogen (secondary N) is 1. The molecule has 0 unspecified atom stereocenters. The fraction of sp³-hybridized carbons (Fsp3) is 0.462. The lowest BCUT2D eigenvalue weighted by Gasteiger charge is -2.23. The first kappa shape index (κ1) is 13.6. The molecule has 0 radical (unpaired) electrons. The minimum atomic E-state index is -0.608. The molecule has 1 fully saturated rings. The van der Waals surface area contributed by atoms with E-state index >= 15 is 0 Å². The summed E-state index contributed by atoms with van der Waals surface area (Å²) in [4.78, 5) is 26.2. The van der Waals surface area contributed by atoms with Gasteiger partial charge in [-0.2, -0.15) is 5.26 Å². The van der Waals surface area contributed by atoms with Crippen molar-refractivity contribution in [2.45, 2.75) is 31.8 Å². The number of carbonyl (C=O) groups excluding carboxylic acids is 2. The minimum Gasteiger partial charge on any atom is -0.340 e. The van der Waals surface area contributed by atoms with E-state index in [1.54, 1.807) is 24.0 Å². The van der Waals surface area contributed by atoms with Gasteiger partial charge in [-0.05, 0) is 31.2 Å². The predicted octanol–water partition coefficient (Wildman–Crippen LogP) is 1.38. The highest BCUT2D eigenvalue weighted by Crippen LogP contribution is 2.27. The molecule has 5 nitrogen and oxygen atoms in total. The van der Waals surface area contributed by atoms with E-state index in [1.807, 2.05) is 11.4 Å². The number of hydrogen-bond donors (Lipinski definition) is 1. The Hall–Kier alpha value is -1.87. The summed E-state index contributed by atoms with van der Waals surface area (Å²) < 4.78 is 0. The SMILES string of the molecule is C[C@@H](NC(=O)c1cccs1)C(=O)N(CC#N)C1CC1. The van der Waals surface area contributed by atoms with Crippen LogP contribution in [0, 0.1) is 11.3 Å². The van der Waals surface area contributed by atoms with Crippen molar-refractivity contribution in [1.29, 1.82) is 5.26 Å². The van der Waals surface area contributed by atoms with Crippen molar-refractivity contribution >= 4 is 23.2 Å². The Morgan fingerprint density at radius 1 is 1.63 bits per heavy atom. The van der Waals surface area contributed by atoms with Crippen molar-refractivity contribution in [3.8, 4) is 6.07 Å². The first-order valence-corrected chi connectivity index (χ1v) is 7.03. The van der Waals surface area contributed by atoms with E-state index < -0.39 is 6.04 Å². The van der Waals surface area contributed by atoms with Crippen LogP contribution in [0.4, 0.5) is 0 Å². The highest BCUT2D eigenvalue weighted by Gasteiger charge is 2.34. The van der Waals surface area contributed by atoms with Gasteiger partial charge >= 0.3 is 0 Å². The van der Waals surface area contributed by atoms with Gasteiger partial charge in [-0.15, -0.1) is 11.3 Å². The summed E-state index contributed by atoms with van der Waals surface area (Å²) in [6.45, 7) is 1.74. The van der Waals surface area contributed by atoms with Crippen LogP contribution in [-0.2, 0) is 4.79 Å². The highest BCUT2D eigenvalue weighted by atomic mass is 32.1. The smallest absolute Gasteiger partial charge is 0.261 e. The summed E-state index contributed by atoms with van der Waals surface area (Å²) in [5, 5.41) is 13.2. The van der Waals surface area contributed by atoms with E-state index in [9.17, 15) is 9.59 Å². The van der Waals surface area contributed by atoms with Crippen molar-refractivity contribution in [2.24, 2.45) is 0 Å². The van der Waals surface area contributed by atoms with Crippen molar-refractivity contribution in [2.75, 3.05) is 6.54 Å². The fourth-order valence-electron chi connectivity index (χ4n) is 1.84. The Morgan fingerprint density at radius 3 is 2.89 bits per heavy atom. The van der Waals surface area contributed by atoms with E-state index in [4.69, 9.17) is 5.26 Å². The maximum Gasteiger partial charge on any atom is 0.261 e. The molecule has 0 bridgehead atoms. The van der Waals surface area contributed by atoms with Crippen LogP contribution in [-0.4, -0.2) is 35.3 Å². The maximum absolute atomic E-state index is 12.2. The van der Waals surface area contributed by atoms with Gasteiger partial charge in [0, 0.05) is 6.04 Å². The molecule has 6 heteroatoms. The first-order chi connectivity index (χ1) is 9.13. The Labute approximate surface area is 115 Å². The Balaban J connectivity index is 1.95. The average Bonchev–Trinajstić information content (AvgIpc) is 3.08. The Bertz CT molecular complexity index is 502. The molecule has 0 spiro atoms. The molecule has 0 aliphatic heterocycles. The summed E-state index contributed by atoms with van der Waals surface area (Å²) >= 11 is 1.33. The van der Waals surface area contributed by atoms with Gasteiger partial charge in [-0.3, -0.25) is 9.59 Å². The normalized spacial score (nSPS) is 15.4. The Morgan fingerprint density at radius 2 is 2.37 bits per heavy atom.